The van der Waals surface area contributed by atoms with Gasteiger partial charge in [0, 0.05) is 0 Å². The van der Waals surface area contributed by atoms with Gasteiger partial charge in [-0.15, -0.1) is 0 Å². The zero-order valence-electron chi connectivity index (χ0n) is 11.8. The van der Waals surface area contributed by atoms with Crippen molar-refractivity contribution < 1.29 is 4.74 Å². The van der Waals surface area contributed by atoms with E-state index in [2.05, 4.69) is 38.1 Å². The Morgan fingerprint density at radius 3 is 2.32 bits per heavy atom. The van der Waals surface area contributed by atoms with Gasteiger partial charge in [0.05, 0.1) is 5.69 Å². The van der Waals surface area contributed by atoms with Crippen LogP contribution < -0.4 is 10.5 Å². The van der Waals surface area contributed by atoms with Crippen molar-refractivity contribution in [3.8, 4) is 5.75 Å². The quantitative estimate of drug-likeness (QED) is 0.828. The van der Waals surface area contributed by atoms with Gasteiger partial charge in [-0.3, -0.25) is 0 Å². The highest BCUT2D eigenvalue weighted by molar-refractivity contribution is 5.54. The minimum atomic E-state index is 0.547. The molecule has 0 unspecified atom stereocenters. The van der Waals surface area contributed by atoms with Crippen LogP contribution in [-0.4, -0.2) is 0 Å². The number of nitrogen functional groups attached to an aromatic ring is 1. The van der Waals surface area contributed by atoms with Crippen LogP contribution in [0.3, 0.4) is 0 Å². The lowest BCUT2D eigenvalue weighted by atomic mass is 10.0. The fourth-order valence-corrected chi connectivity index (χ4v) is 1.96. The zero-order valence-corrected chi connectivity index (χ0v) is 11.8. The maximum atomic E-state index is 5.92. The highest BCUT2D eigenvalue weighted by atomic mass is 16.5. The second-order valence-electron chi connectivity index (χ2n) is 5.23. The molecule has 0 saturated heterocycles. The fraction of sp³-hybridized carbons (Fsp3) is 0.294. The second kappa shape index (κ2) is 5.79. The number of ether oxygens (including phenoxy) is 1. The summed E-state index contributed by atoms with van der Waals surface area (Å²) in [7, 11) is 0. The molecule has 0 amide bonds. The highest BCUT2D eigenvalue weighted by Crippen LogP contribution is 2.23. The summed E-state index contributed by atoms with van der Waals surface area (Å²) in [5, 5.41) is 0. The number of nitrogens with two attached hydrogens (primary N) is 1. The monoisotopic (exact) mass is 255 g/mol. The summed E-state index contributed by atoms with van der Waals surface area (Å²) in [4.78, 5) is 0. The Labute approximate surface area is 115 Å². The molecule has 0 spiro atoms. The van der Waals surface area contributed by atoms with E-state index in [9.17, 15) is 0 Å². The van der Waals surface area contributed by atoms with Crippen LogP contribution in [0.4, 0.5) is 5.69 Å². The first-order valence-corrected chi connectivity index (χ1v) is 6.64. The van der Waals surface area contributed by atoms with Gasteiger partial charge in [-0.1, -0.05) is 44.2 Å². The molecule has 2 nitrogen and oxygen atoms in total. The summed E-state index contributed by atoms with van der Waals surface area (Å²) in [6.07, 6.45) is 0. The van der Waals surface area contributed by atoms with Crippen molar-refractivity contribution >= 4 is 5.69 Å². The number of hydrogen-bond donors (Lipinski definition) is 1. The minimum Gasteiger partial charge on any atom is -0.487 e. The average molecular weight is 255 g/mol. The maximum Gasteiger partial charge on any atom is 0.142 e. The molecule has 2 heteroatoms. The molecule has 0 saturated carbocycles. The first-order chi connectivity index (χ1) is 9.06. The van der Waals surface area contributed by atoms with Gasteiger partial charge in [-0.05, 0) is 41.7 Å². The molecule has 0 radical (unpaired) electrons. The Balaban J connectivity index is 2.02. The van der Waals surface area contributed by atoms with E-state index >= 15 is 0 Å². The highest BCUT2D eigenvalue weighted by Gasteiger charge is 2.02. The van der Waals surface area contributed by atoms with Gasteiger partial charge < -0.3 is 10.5 Å². The topological polar surface area (TPSA) is 35.2 Å². The minimum absolute atomic E-state index is 0.547. The predicted octanol–water partition coefficient (Wildman–Crippen LogP) is 4.28. The van der Waals surface area contributed by atoms with Crippen molar-refractivity contribution in [2.75, 3.05) is 5.73 Å². The molecule has 19 heavy (non-hydrogen) atoms. The van der Waals surface area contributed by atoms with Crippen molar-refractivity contribution in [1.29, 1.82) is 0 Å². The zero-order chi connectivity index (χ0) is 13.8. The van der Waals surface area contributed by atoms with Gasteiger partial charge in [-0.2, -0.15) is 0 Å². The SMILES string of the molecule is Cc1ccc(OCc2ccc(C(C)C)cc2)c(N)c1. The number of aryl methyl sites for hydroxylation is 1. The molecule has 0 fully saturated rings. The van der Waals surface area contributed by atoms with Gasteiger partial charge in [0.15, 0.2) is 0 Å². The summed E-state index contributed by atoms with van der Waals surface area (Å²) < 4.78 is 5.75. The summed E-state index contributed by atoms with van der Waals surface area (Å²) in [5.41, 5.74) is 10.3. The van der Waals surface area contributed by atoms with Crippen LogP contribution in [0.25, 0.3) is 0 Å². The second-order valence-corrected chi connectivity index (χ2v) is 5.23. The first-order valence-electron chi connectivity index (χ1n) is 6.64. The molecular weight excluding hydrogens is 234 g/mol. The van der Waals surface area contributed by atoms with Gasteiger partial charge in [0.25, 0.3) is 0 Å². The van der Waals surface area contributed by atoms with Crippen LogP contribution in [0, 0.1) is 6.92 Å². The van der Waals surface area contributed by atoms with Crippen LogP contribution in [0.2, 0.25) is 0 Å². The Hall–Kier alpha value is -1.96. The van der Waals surface area contributed by atoms with Crippen LogP contribution in [0.5, 0.6) is 5.75 Å². The lowest BCUT2D eigenvalue weighted by Crippen LogP contribution is -1.99. The Bertz CT molecular complexity index is 544. The normalized spacial score (nSPS) is 10.7. The molecule has 2 aromatic carbocycles. The number of benzene rings is 2. The van der Waals surface area contributed by atoms with E-state index in [1.54, 1.807) is 0 Å². The van der Waals surface area contributed by atoms with E-state index in [1.165, 1.54) is 5.56 Å². The van der Waals surface area contributed by atoms with Crippen LogP contribution in [0.1, 0.15) is 36.5 Å². The molecule has 0 heterocycles. The molecule has 0 aliphatic rings. The van der Waals surface area contributed by atoms with Crippen molar-refractivity contribution in [3.05, 3.63) is 59.2 Å². The molecule has 0 aromatic heterocycles. The van der Waals surface area contributed by atoms with Crippen LogP contribution in [0.15, 0.2) is 42.5 Å². The standard InChI is InChI=1S/C17H21NO/c1-12(2)15-7-5-14(6-8-15)11-19-17-9-4-13(3)10-16(17)18/h4-10,12H,11,18H2,1-3H3. The number of hydrogen-bond acceptors (Lipinski definition) is 2. The molecule has 2 rings (SSSR count). The van der Waals surface area contributed by atoms with E-state index in [0.717, 1.165) is 16.9 Å². The van der Waals surface area contributed by atoms with Crippen molar-refractivity contribution in [2.24, 2.45) is 0 Å². The maximum absolute atomic E-state index is 5.92. The molecule has 0 bridgehead atoms. The van der Waals surface area contributed by atoms with Crippen molar-refractivity contribution in [1.82, 2.24) is 0 Å². The molecule has 100 valence electrons. The predicted molar refractivity (Wildman–Crippen MR) is 80.5 cm³/mol. The largest absolute Gasteiger partial charge is 0.487 e. The van der Waals surface area contributed by atoms with Crippen LogP contribution in [-0.2, 0) is 6.61 Å². The Kier molecular flexibility index (Phi) is 4.10. The van der Waals surface area contributed by atoms with Gasteiger partial charge in [-0.25, -0.2) is 0 Å². The molecule has 2 aromatic rings. The van der Waals surface area contributed by atoms with E-state index < -0.39 is 0 Å². The van der Waals surface area contributed by atoms with E-state index in [1.807, 2.05) is 25.1 Å². The third kappa shape index (κ3) is 3.50. The molecule has 0 aliphatic heterocycles. The van der Waals surface area contributed by atoms with Gasteiger partial charge in [0.1, 0.15) is 12.4 Å². The summed E-state index contributed by atoms with van der Waals surface area (Å²) in [6.45, 7) is 6.95. The Morgan fingerprint density at radius 2 is 1.74 bits per heavy atom. The van der Waals surface area contributed by atoms with Gasteiger partial charge >= 0.3 is 0 Å². The molecule has 2 N–H and O–H groups in total. The van der Waals surface area contributed by atoms with Crippen molar-refractivity contribution in [3.63, 3.8) is 0 Å². The summed E-state index contributed by atoms with van der Waals surface area (Å²) in [5.74, 6) is 1.31. The van der Waals surface area contributed by atoms with E-state index in [0.29, 0.717) is 18.2 Å². The van der Waals surface area contributed by atoms with E-state index in [-0.39, 0.29) is 0 Å². The average Bonchev–Trinajstić information content (AvgIpc) is 2.38. The van der Waals surface area contributed by atoms with Crippen molar-refractivity contribution in [2.45, 2.75) is 33.3 Å². The smallest absolute Gasteiger partial charge is 0.142 e. The van der Waals surface area contributed by atoms with E-state index in [4.69, 9.17) is 10.5 Å². The third-order valence-corrected chi connectivity index (χ3v) is 3.21. The number of anilines is 1. The lowest BCUT2D eigenvalue weighted by Gasteiger charge is -2.10. The Morgan fingerprint density at radius 1 is 1.05 bits per heavy atom. The molecular formula is C17H21NO. The fourth-order valence-electron chi connectivity index (χ4n) is 1.96. The van der Waals surface area contributed by atoms with Crippen LogP contribution >= 0.6 is 0 Å². The molecule has 0 atom stereocenters. The van der Waals surface area contributed by atoms with Gasteiger partial charge in [0.2, 0.25) is 0 Å². The number of rotatable bonds is 4. The summed E-state index contributed by atoms with van der Waals surface area (Å²) in [6, 6.07) is 14.4. The summed E-state index contributed by atoms with van der Waals surface area (Å²) >= 11 is 0. The first kappa shape index (κ1) is 13.5. The third-order valence-electron chi connectivity index (χ3n) is 3.21. The molecule has 0 aliphatic carbocycles. The lowest BCUT2D eigenvalue weighted by molar-refractivity contribution is 0.308.